The molecule has 1 saturated heterocycles. The molecule has 0 bridgehead atoms. The maximum Gasteiger partial charge on any atom is 0.333 e. The SMILES string of the molecule is CC(C)C1CCC2(O)COC(=O)C2C1/C=C(\CO)C(=O)O. The molecule has 1 heterocycles. The summed E-state index contributed by atoms with van der Waals surface area (Å²) in [5, 5.41) is 28.9. The molecule has 4 unspecified atom stereocenters. The summed E-state index contributed by atoms with van der Waals surface area (Å²) in [4.78, 5) is 23.1. The van der Waals surface area contributed by atoms with Crippen molar-refractivity contribution < 1.29 is 29.6 Å². The maximum absolute atomic E-state index is 12.0. The van der Waals surface area contributed by atoms with Gasteiger partial charge in [0.15, 0.2) is 0 Å². The number of hydrogen-bond acceptors (Lipinski definition) is 5. The van der Waals surface area contributed by atoms with E-state index in [1.807, 2.05) is 13.8 Å². The molecule has 0 radical (unpaired) electrons. The summed E-state index contributed by atoms with van der Waals surface area (Å²) in [6.07, 6.45) is 2.60. The summed E-state index contributed by atoms with van der Waals surface area (Å²) in [6.45, 7) is 3.38. The van der Waals surface area contributed by atoms with Crippen molar-refractivity contribution in [2.75, 3.05) is 13.2 Å². The van der Waals surface area contributed by atoms with Crippen molar-refractivity contribution in [3.05, 3.63) is 11.6 Å². The average Bonchev–Trinajstić information content (AvgIpc) is 2.71. The van der Waals surface area contributed by atoms with Gasteiger partial charge in [0.25, 0.3) is 0 Å². The topological polar surface area (TPSA) is 104 Å². The Hall–Kier alpha value is -1.40. The first kappa shape index (κ1) is 16.0. The second kappa shape index (κ2) is 5.77. The molecule has 0 aromatic carbocycles. The normalized spacial score (nSPS) is 36.5. The van der Waals surface area contributed by atoms with Gasteiger partial charge in [-0.15, -0.1) is 0 Å². The molecule has 1 aliphatic heterocycles. The molecule has 0 amide bonds. The number of carbonyl (C=O) groups is 2. The Labute approximate surface area is 123 Å². The largest absolute Gasteiger partial charge is 0.478 e. The fourth-order valence-electron chi connectivity index (χ4n) is 3.62. The fourth-order valence-corrected chi connectivity index (χ4v) is 3.62. The van der Waals surface area contributed by atoms with Gasteiger partial charge in [0.2, 0.25) is 0 Å². The first-order valence-electron chi connectivity index (χ1n) is 7.24. The minimum atomic E-state index is -1.22. The molecule has 118 valence electrons. The van der Waals surface area contributed by atoms with Gasteiger partial charge in [-0.1, -0.05) is 19.9 Å². The number of carboxylic acid groups (broad SMARTS) is 1. The van der Waals surface area contributed by atoms with Crippen molar-refractivity contribution in [1.82, 2.24) is 0 Å². The van der Waals surface area contributed by atoms with Gasteiger partial charge < -0.3 is 20.1 Å². The van der Waals surface area contributed by atoms with E-state index >= 15 is 0 Å². The molecular formula is C15H22O6. The first-order valence-corrected chi connectivity index (χ1v) is 7.24. The number of aliphatic hydroxyl groups excluding tert-OH is 1. The maximum atomic E-state index is 12.0. The molecule has 2 rings (SSSR count). The van der Waals surface area contributed by atoms with Gasteiger partial charge in [-0.3, -0.25) is 4.79 Å². The molecule has 6 nitrogen and oxygen atoms in total. The molecule has 6 heteroatoms. The summed E-state index contributed by atoms with van der Waals surface area (Å²) < 4.78 is 5.01. The number of carboxylic acids is 1. The summed E-state index contributed by atoms with van der Waals surface area (Å²) in [6, 6.07) is 0. The first-order chi connectivity index (χ1) is 9.80. The monoisotopic (exact) mass is 298 g/mol. The minimum absolute atomic E-state index is 0.0345. The number of esters is 1. The van der Waals surface area contributed by atoms with E-state index in [-0.39, 0.29) is 24.0 Å². The van der Waals surface area contributed by atoms with Crippen LogP contribution >= 0.6 is 0 Å². The zero-order valence-electron chi connectivity index (χ0n) is 12.3. The van der Waals surface area contributed by atoms with E-state index in [9.17, 15) is 19.8 Å². The number of ether oxygens (including phenoxy) is 1. The van der Waals surface area contributed by atoms with Crippen LogP contribution in [0.5, 0.6) is 0 Å². The van der Waals surface area contributed by atoms with Crippen LogP contribution in [0.3, 0.4) is 0 Å². The highest BCUT2D eigenvalue weighted by Crippen LogP contribution is 2.48. The lowest BCUT2D eigenvalue weighted by Gasteiger charge is -2.42. The smallest absolute Gasteiger partial charge is 0.333 e. The Morgan fingerprint density at radius 1 is 1.52 bits per heavy atom. The number of fused-ring (bicyclic) bond motifs is 1. The van der Waals surface area contributed by atoms with Gasteiger partial charge in [0.05, 0.1) is 18.1 Å². The van der Waals surface area contributed by atoms with Crippen LogP contribution in [0.15, 0.2) is 11.6 Å². The van der Waals surface area contributed by atoms with Crippen molar-refractivity contribution in [1.29, 1.82) is 0 Å². The second-order valence-electron chi connectivity index (χ2n) is 6.37. The quantitative estimate of drug-likeness (QED) is 0.518. The van der Waals surface area contributed by atoms with Gasteiger partial charge in [-0.05, 0) is 30.6 Å². The third-order valence-corrected chi connectivity index (χ3v) is 4.78. The Balaban J connectivity index is 2.42. The molecule has 4 atom stereocenters. The predicted octanol–water partition coefficient (Wildman–Crippen LogP) is 0.576. The van der Waals surface area contributed by atoms with Gasteiger partial charge in [0, 0.05) is 0 Å². The van der Waals surface area contributed by atoms with Crippen LogP contribution in [-0.4, -0.2) is 46.1 Å². The van der Waals surface area contributed by atoms with Crippen LogP contribution in [0.25, 0.3) is 0 Å². The fraction of sp³-hybridized carbons (Fsp3) is 0.733. The van der Waals surface area contributed by atoms with E-state index in [0.29, 0.717) is 12.8 Å². The van der Waals surface area contributed by atoms with E-state index in [1.54, 1.807) is 0 Å². The molecule has 1 saturated carbocycles. The van der Waals surface area contributed by atoms with Gasteiger partial charge >= 0.3 is 11.9 Å². The molecule has 2 fully saturated rings. The van der Waals surface area contributed by atoms with E-state index in [1.165, 1.54) is 6.08 Å². The number of rotatable bonds is 4. The lowest BCUT2D eigenvalue weighted by atomic mass is 9.62. The number of carbonyl (C=O) groups excluding carboxylic acids is 1. The highest BCUT2D eigenvalue weighted by molar-refractivity contribution is 5.87. The standard InChI is InChI=1S/C15H22O6/c1-8(2)10-3-4-15(20)7-21-14(19)12(15)11(10)5-9(6-16)13(17)18/h5,8,10-12,16,20H,3-4,6-7H2,1-2H3,(H,17,18)/b9-5+. The molecule has 0 aromatic heterocycles. The molecule has 2 aliphatic rings. The zero-order chi connectivity index (χ0) is 15.8. The lowest BCUT2D eigenvalue weighted by molar-refractivity contribution is -0.145. The van der Waals surface area contributed by atoms with Crippen LogP contribution in [0.2, 0.25) is 0 Å². The average molecular weight is 298 g/mol. The van der Waals surface area contributed by atoms with E-state index in [0.717, 1.165) is 0 Å². The van der Waals surface area contributed by atoms with Crippen LogP contribution in [0.4, 0.5) is 0 Å². The van der Waals surface area contributed by atoms with E-state index in [2.05, 4.69) is 0 Å². The van der Waals surface area contributed by atoms with E-state index < -0.39 is 36.0 Å². The summed E-state index contributed by atoms with van der Waals surface area (Å²) in [5.74, 6) is -2.57. The number of aliphatic carboxylic acids is 1. The number of hydrogen-bond donors (Lipinski definition) is 3. The number of cyclic esters (lactones) is 1. The molecule has 0 spiro atoms. The third-order valence-electron chi connectivity index (χ3n) is 4.78. The van der Waals surface area contributed by atoms with Crippen molar-refractivity contribution in [2.24, 2.45) is 23.7 Å². The Morgan fingerprint density at radius 3 is 2.71 bits per heavy atom. The molecule has 3 N–H and O–H groups in total. The van der Waals surface area contributed by atoms with Crippen LogP contribution < -0.4 is 0 Å². The van der Waals surface area contributed by atoms with Crippen LogP contribution in [-0.2, 0) is 14.3 Å². The van der Waals surface area contributed by atoms with Crippen molar-refractivity contribution in [3.8, 4) is 0 Å². The second-order valence-corrected chi connectivity index (χ2v) is 6.37. The molecule has 1 aliphatic carbocycles. The minimum Gasteiger partial charge on any atom is -0.478 e. The van der Waals surface area contributed by atoms with Gasteiger partial charge in [-0.25, -0.2) is 4.79 Å². The van der Waals surface area contributed by atoms with Crippen molar-refractivity contribution >= 4 is 11.9 Å². The Bertz CT molecular complexity index is 469. The predicted molar refractivity (Wildman–Crippen MR) is 73.3 cm³/mol. The summed E-state index contributed by atoms with van der Waals surface area (Å²) in [5.41, 5.74) is -1.36. The summed E-state index contributed by atoms with van der Waals surface area (Å²) in [7, 11) is 0. The van der Waals surface area contributed by atoms with E-state index in [4.69, 9.17) is 9.84 Å². The number of allylic oxidation sites excluding steroid dienone is 1. The molecule has 0 aromatic rings. The highest BCUT2D eigenvalue weighted by Gasteiger charge is 2.57. The zero-order valence-corrected chi connectivity index (χ0v) is 12.3. The van der Waals surface area contributed by atoms with Crippen molar-refractivity contribution in [2.45, 2.75) is 32.3 Å². The van der Waals surface area contributed by atoms with Crippen molar-refractivity contribution in [3.63, 3.8) is 0 Å². The van der Waals surface area contributed by atoms with Gasteiger partial charge in [0.1, 0.15) is 12.2 Å². The van der Waals surface area contributed by atoms with Gasteiger partial charge in [-0.2, -0.15) is 0 Å². The Kier molecular flexibility index (Phi) is 4.39. The lowest BCUT2D eigenvalue weighted by Crippen LogP contribution is -2.49. The molecule has 21 heavy (non-hydrogen) atoms. The highest BCUT2D eigenvalue weighted by atomic mass is 16.6. The van der Waals surface area contributed by atoms with Crippen LogP contribution in [0.1, 0.15) is 26.7 Å². The third kappa shape index (κ3) is 2.82. The van der Waals surface area contributed by atoms with Crippen LogP contribution in [0, 0.1) is 23.7 Å². The number of aliphatic hydroxyl groups is 2. The Morgan fingerprint density at radius 2 is 2.19 bits per heavy atom. The molecular weight excluding hydrogens is 276 g/mol. The summed E-state index contributed by atoms with van der Waals surface area (Å²) >= 11 is 0.